The Balaban J connectivity index is 3.44. The van der Waals surface area contributed by atoms with Crippen molar-refractivity contribution in [2.45, 2.75) is 19.6 Å². The summed E-state index contributed by atoms with van der Waals surface area (Å²) in [6.45, 7) is 7.69. The fourth-order valence-electron chi connectivity index (χ4n) is 0.622. The van der Waals surface area contributed by atoms with Gasteiger partial charge in [-0.3, -0.25) is 0 Å². The summed E-state index contributed by atoms with van der Waals surface area (Å²) >= 11 is 0. The molecule has 0 aromatic rings. The predicted octanol–water partition coefficient (Wildman–Crippen LogP) is 1.43. The minimum atomic E-state index is -1.23. The summed E-state index contributed by atoms with van der Waals surface area (Å²) in [4.78, 5) is 0. The van der Waals surface area contributed by atoms with Crippen molar-refractivity contribution in [3.8, 4) is 11.5 Å². The van der Waals surface area contributed by atoms with E-state index in [1.165, 1.54) is 0 Å². The summed E-state index contributed by atoms with van der Waals surface area (Å²) < 4.78 is 5.18. The second-order valence-electron chi connectivity index (χ2n) is 3.72. The molecular formula is C10H18O2Si. The Morgan fingerprint density at radius 2 is 2.00 bits per heavy atom. The number of aliphatic hydroxyl groups excluding tert-OH is 1. The average molecular weight is 198 g/mol. The average Bonchev–Trinajstić information content (AvgIpc) is 2.01. The molecular weight excluding hydrogens is 180 g/mol. The van der Waals surface area contributed by atoms with Crippen molar-refractivity contribution < 1.29 is 9.84 Å². The number of hydrogen-bond donors (Lipinski definition) is 1. The first-order valence-electron chi connectivity index (χ1n) is 4.40. The third-order valence-corrected chi connectivity index (χ3v) is 2.05. The maximum absolute atomic E-state index is 8.41. The van der Waals surface area contributed by atoms with Gasteiger partial charge in [-0.2, -0.15) is 0 Å². The first kappa shape index (κ1) is 12.4. The highest BCUT2D eigenvalue weighted by molar-refractivity contribution is 6.83. The first-order chi connectivity index (χ1) is 6.06. The van der Waals surface area contributed by atoms with Crippen LogP contribution in [0.1, 0.15) is 0 Å². The van der Waals surface area contributed by atoms with Crippen molar-refractivity contribution in [2.24, 2.45) is 0 Å². The van der Waals surface area contributed by atoms with Gasteiger partial charge in [0.25, 0.3) is 0 Å². The summed E-state index contributed by atoms with van der Waals surface area (Å²) in [7, 11) is -1.23. The molecule has 0 spiro atoms. The zero-order valence-corrected chi connectivity index (χ0v) is 9.63. The molecule has 0 amide bonds. The van der Waals surface area contributed by atoms with Crippen LogP contribution in [-0.2, 0) is 4.74 Å². The molecule has 0 aromatic heterocycles. The van der Waals surface area contributed by atoms with Crippen molar-refractivity contribution >= 4 is 8.07 Å². The van der Waals surface area contributed by atoms with E-state index in [9.17, 15) is 0 Å². The molecule has 0 aliphatic rings. The third kappa shape index (κ3) is 11.4. The van der Waals surface area contributed by atoms with Crippen molar-refractivity contribution in [3.63, 3.8) is 0 Å². The molecule has 74 valence electrons. The van der Waals surface area contributed by atoms with Crippen LogP contribution < -0.4 is 0 Å². The van der Waals surface area contributed by atoms with E-state index in [2.05, 4.69) is 31.1 Å². The molecule has 0 rings (SSSR count). The van der Waals surface area contributed by atoms with Gasteiger partial charge in [0.2, 0.25) is 0 Å². The maximum atomic E-state index is 8.41. The summed E-state index contributed by atoms with van der Waals surface area (Å²) in [6, 6.07) is 0. The van der Waals surface area contributed by atoms with E-state index in [-0.39, 0.29) is 6.61 Å². The van der Waals surface area contributed by atoms with E-state index >= 15 is 0 Å². The standard InChI is InChI=1S/C10H18O2Si/c1-13(2,3)10-6-9-12-8-5-4-7-11/h4-5,11H,7-9H2,1-3H3. The zero-order valence-electron chi connectivity index (χ0n) is 8.63. The topological polar surface area (TPSA) is 29.5 Å². The van der Waals surface area contributed by atoms with E-state index in [1.54, 1.807) is 12.2 Å². The number of aliphatic hydroxyl groups is 1. The highest BCUT2D eigenvalue weighted by Gasteiger charge is 2.06. The van der Waals surface area contributed by atoms with Gasteiger partial charge in [0.05, 0.1) is 13.2 Å². The molecule has 0 atom stereocenters. The molecule has 0 heterocycles. The molecule has 3 heteroatoms. The van der Waals surface area contributed by atoms with Crippen LogP contribution in [0, 0.1) is 11.5 Å². The molecule has 0 saturated carbocycles. The lowest BCUT2D eigenvalue weighted by atomic mass is 10.5. The minimum Gasteiger partial charge on any atom is -0.392 e. The number of hydrogen-bond acceptors (Lipinski definition) is 2. The zero-order chi connectivity index (χ0) is 10.2. The van der Waals surface area contributed by atoms with Gasteiger partial charge < -0.3 is 9.84 Å². The second-order valence-corrected chi connectivity index (χ2v) is 8.47. The van der Waals surface area contributed by atoms with Crippen LogP contribution >= 0.6 is 0 Å². The van der Waals surface area contributed by atoms with Gasteiger partial charge >= 0.3 is 0 Å². The van der Waals surface area contributed by atoms with Gasteiger partial charge in [-0.25, -0.2) is 0 Å². The molecule has 0 unspecified atom stereocenters. The Kier molecular flexibility index (Phi) is 6.60. The fraction of sp³-hybridized carbons (Fsp3) is 0.600. The summed E-state index contributed by atoms with van der Waals surface area (Å²) in [5.74, 6) is 3.00. The predicted molar refractivity (Wildman–Crippen MR) is 58.2 cm³/mol. The van der Waals surface area contributed by atoms with Crippen LogP contribution in [0.15, 0.2) is 12.2 Å². The van der Waals surface area contributed by atoms with Gasteiger partial charge in [-0.1, -0.05) is 37.7 Å². The van der Waals surface area contributed by atoms with Gasteiger partial charge in [0.1, 0.15) is 14.7 Å². The summed E-state index contributed by atoms with van der Waals surface area (Å²) in [6.07, 6.45) is 3.45. The fourth-order valence-corrected chi connectivity index (χ4v) is 1.22. The number of ether oxygens (including phenoxy) is 1. The summed E-state index contributed by atoms with van der Waals surface area (Å²) in [5.41, 5.74) is 3.20. The van der Waals surface area contributed by atoms with Gasteiger partial charge in [-0.05, 0) is 0 Å². The summed E-state index contributed by atoms with van der Waals surface area (Å²) in [5, 5.41) is 8.41. The van der Waals surface area contributed by atoms with Crippen LogP contribution in [0.2, 0.25) is 19.6 Å². The minimum absolute atomic E-state index is 0.0734. The largest absolute Gasteiger partial charge is 0.392 e. The van der Waals surface area contributed by atoms with Crippen LogP contribution in [-0.4, -0.2) is 33.0 Å². The van der Waals surface area contributed by atoms with E-state index < -0.39 is 8.07 Å². The molecule has 0 aliphatic carbocycles. The third-order valence-electron chi connectivity index (χ3n) is 1.12. The van der Waals surface area contributed by atoms with Crippen LogP contribution in [0.4, 0.5) is 0 Å². The monoisotopic (exact) mass is 198 g/mol. The molecule has 1 N–H and O–H groups in total. The van der Waals surface area contributed by atoms with E-state index in [4.69, 9.17) is 9.84 Å². The first-order valence-corrected chi connectivity index (χ1v) is 7.90. The van der Waals surface area contributed by atoms with E-state index in [0.717, 1.165) is 0 Å². The van der Waals surface area contributed by atoms with Crippen LogP contribution in [0.5, 0.6) is 0 Å². The molecule has 0 saturated heterocycles. The quantitative estimate of drug-likeness (QED) is 0.320. The van der Waals surface area contributed by atoms with Gasteiger partial charge in [-0.15, -0.1) is 5.54 Å². The van der Waals surface area contributed by atoms with Gasteiger partial charge in [0.15, 0.2) is 0 Å². The smallest absolute Gasteiger partial charge is 0.129 e. The lowest BCUT2D eigenvalue weighted by Gasteiger charge is -2.03. The molecule has 0 fully saturated rings. The maximum Gasteiger partial charge on any atom is 0.129 e. The van der Waals surface area contributed by atoms with Crippen LogP contribution in [0.3, 0.4) is 0 Å². The van der Waals surface area contributed by atoms with E-state index in [1.807, 2.05) is 0 Å². The molecule has 13 heavy (non-hydrogen) atoms. The highest BCUT2D eigenvalue weighted by atomic mass is 28.3. The molecule has 0 radical (unpaired) electrons. The lowest BCUT2D eigenvalue weighted by molar-refractivity contribution is 0.198. The number of rotatable bonds is 4. The van der Waals surface area contributed by atoms with E-state index in [0.29, 0.717) is 13.2 Å². The Morgan fingerprint density at radius 3 is 2.54 bits per heavy atom. The Morgan fingerprint density at radius 1 is 1.31 bits per heavy atom. The van der Waals surface area contributed by atoms with Crippen molar-refractivity contribution in [1.82, 2.24) is 0 Å². The second kappa shape index (κ2) is 6.90. The Hall–Kier alpha value is -0.563. The molecule has 0 bridgehead atoms. The molecule has 0 aliphatic heterocycles. The van der Waals surface area contributed by atoms with Crippen molar-refractivity contribution in [2.75, 3.05) is 19.8 Å². The Bertz CT molecular complexity index is 205. The normalized spacial score (nSPS) is 11.4. The molecule has 2 nitrogen and oxygen atoms in total. The van der Waals surface area contributed by atoms with Crippen LogP contribution in [0.25, 0.3) is 0 Å². The highest BCUT2D eigenvalue weighted by Crippen LogP contribution is 1.95. The van der Waals surface area contributed by atoms with Crippen molar-refractivity contribution in [1.29, 1.82) is 0 Å². The Labute approximate surface area is 81.6 Å². The van der Waals surface area contributed by atoms with Gasteiger partial charge in [0, 0.05) is 0 Å². The lowest BCUT2D eigenvalue weighted by Crippen LogP contribution is -2.16. The molecule has 0 aromatic carbocycles. The van der Waals surface area contributed by atoms with Crippen molar-refractivity contribution in [3.05, 3.63) is 12.2 Å². The SMILES string of the molecule is C[Si](C)(C)C#CCOCC=CCO.